The Hall–Kier alpha value is -0.360. The lowest BCUT2D eigenvalue weighted by Crippen LogP contribution is -2.47. The Morgan fingerprint density at radius 1 is 1.50 bits per heavy atom. The van der Waals surface area contributed by atoms with Gasteiger partial charge in [0.05, 0.1) is 17.2 Å². The fourth-order valence-electron chi connectivity index (χ4n) is 1.87. The molecule has 7 heteroatoms. The molecule has 1 atom stereocenters. The highest BCUT2D eigenvalue weighted by Gasteiger charge is 2.19. The standard InChI is InChI=1S/C11H17N3OS.2ClH/c15-11(10-3-1-2-5-12-10)13-6-4-9-7-16-8-14-9;;/h7-8,10,12H,1-6H2,(H,13,15);2*1H. The van der Waals surface area contributed by atoms with Crippen LogP contribution in [0.15, 0.2) is 10.9 Å². The van der Waals surface area contributed by atoms with E-state index < -0.39 is 0 Å². The van der Waals surface area contributed by atoms with Gasteiger partial charge in [-0.05, 0) is 19.4 Å². The molecular formula is C11H19Cl2N3OS. The third-order valence-electron chi connectivity index (χ3n) is 2.79. The lowest BCUT2D eigenvalue weighted by Gasteiger charge is -2.22. The zero-order valence-corrected chi connectivity index (χ0v) is 12.5. The Kier molecular flexibility index (Phi) is 9.36. The fraction of sp³-hybridized carbons (Fsp3) is 0.636. The maximum atomic E-state index is 11.7. The maximum Gasteiger partial charge on any atom is 0.237 e. The minimum atomic E-state index is 0. The summed E-state index contributed by atoms with van der Waals surface area (Å²) in [4.78, 5) is 15.9. The summed E-state index contributed by atoms with van der Waals surface area (Å²) in [5, 5.41) is 8.21. The first-order valence-electron chi connectivity index (χ1n) is 5.74. The van der Waals surface area contributed by atoms with Crippen LogP contribution >= 0.6 is 36.2 Å². The minimum Gasteiger partial charge on any atom is -0.354 e. The van der Waals surface area contributed by atoms with Gasteiger partial charge >= 0.3 is 0 Å². The quantitative estimate of drug-likeness (QED) is 0.891. The summed E-state index contributed by atoms with van der Waals surface area (Å²) in [6.07, 6.45) is 4.12. The average molecular weight is 312 g/mol. The van der Waals surface area contributed by atoms with Gasteiger partial charge in [0, 0.05) is 18.3 Å². The number of nitrogens with zero attached hydrogens (tertiary/aromatic N) is 1. The molecule has 0 spiro atoms. The van der Waals surface area contributed by atoms with Crippen LogP contribution < -0.4 is 10.6 Å². The van der Waals surface area contributed by atoms with E-state index in [4.69, 9.17) is 0 Å². The van der Waals surface area contributed by atoms with Gasteiger partial charge in [-0.25, -0.2) is 4.98 Å². The smallest absolute Gasteiger partial charge is 0.237 e. The van der Waals surface area contributed by atoms with Crippen molar-refractivity contribution < 1.29 is 4.79 Å². The van der Waals surface area contributed by atoms with Crippen LogP contribution in [-0.2, 0) is 11.2 Å². The molecule has 104 valence electrons. The number of piperidine rings is 1. The van der Waals surface area contributed by atoms with Crippen molar-refractivity contribution in [3.05, 3.63) is 16.6 Å². The van der Waals surface area contributed by atoms with Crippen LogP contribution in [-0.4, -0.2) is 30.0 Å². The first kappa shape index (κ1) is 17.6. The van der Waals surface area contributed by atoms with Crippen molar-refractivity contribution in [2.24, 2.45) is 0 Å². The van der Waals surface area contributed by atoms with Gasteiger partial charge in [0.1, 0.15) is 0 Å². The molecule has 4 nitrogen and oxygen atoms in total. The molecule has 0 aliphatic carbocycles. The largest absolute Gasteiger partial charge is 0.354 e. The Morgan fingerprint density at radius 2 is 2.33 bits per heavy atom. The number of rotatable bonds is 4. The van der Waals surface area contributed by atoms with E-state index in [0.29, 0.717) is 6.54 Å². The lowest BCUT2D eigenvalue weighted by atomic mass is 10.0. The Morgan fingerprint density at radius 3 is 2.94 bits per heavy atom. The average Bonchev–Trinajstić information content (AvgIpc) is 2.83. The number of carbonyl (C=O) groups excluding carboxylic acids is 1. The molecule has 2 heterocycles. The van der Waals surface area contributed by atoms with Gasteiger partial charge in [0.25, 0.3) is 0 Å². The summed E-state index contributed by atoms with van der Waals surface area (Å²) >= 11 is 1.59. The number of hydrogen-bond acceptors (Lipinski definition) is 4. The monoisotopic (exact) mass is 311 g/mol. The van der Waals surface area contributed by atoms with Gasteiger partial charge in [0.2, 0.25) is 5.91 Å². The van der Waals surface area contributed by atoms with Gasteiger partial charge < -0.3 is 10.6 Å². The summed E-state index contributed by atoms with van der Waals surface area (Å²) in [5.41, 5.74) is 2.88. The molecule has 1 saturated heterocycles. The van der Waals surface area contributed by atoms with Crippen LogP contribution in [0, 0.1) is 0 Å². The zero-order chi connectivity index (χ0) is 11.2. The van der Waals surface area contributed by atoms with Crippen molar-refractivity contribution in [3.8, 4) is 0 Å². The molecule has 2 rings (SSSR count). The molecule has 1 aromatic heterocycles. The Labute approximate surface area is 124 Å². The molecule has 1 aromatic rings. The molecule has 1 amide bonds. The van der Waals surface area contributed by atoms with Crippen LogP contribution in [0.2, 0.25) is 0 Å². The molecule has 1 aliphatic rings. The molecule has 2 N–H and O–H groups in total. The van der Waals surface area contributed by atoms with Crippen molar-refractivity contribution in [2.75, 3.05) is 13.1 Å². The first-order chi connectivity index (χ1) is 7.86. The number of amides is 1. The fourth-order valence-corrected chi connectivity index (χ4v) is 2.47. The molecular weight excluding hydrogens is 293 g/mol. The minimum absolute atomic E-state index is 0. The van der Waals surface area contributed by atoms with Crippen LogP contribution in [0.1, 0.15) is 25.0 Å². The Bertz CT molecular complexity index is 329. The van der Waals surface area contributed by atoms with Crippen molar-refractivity contribution in [2.45, 2.75) is 31.7 Å². The third-order valence-corrected chi connectivity index (χ3v) is 3.43. The van der Waals surface area contributed by atoms with Gasteiger partial charge in [-0.1, -0.05) is 6.42 Å². The Balaban J connectivity index is 0.00000144. The second-order valence-corrected chi connectivity index (χ2v) is 4.74. The molecule has 18 heavy (non-hydrogen) atoms. The summed E-state index contributed by atoms with van der Waals surface area (Å²) in [6.45, 7) is 1.64. The van der Waals surface area contributed by atoms with E-state index in [0.717, 1.165) is 31.5 Å². The van der Waals surface area contributed by atoms with E-state index in [9.17, 15) is 4.79 Å². The number of thiazole rings is 1. The van der Waals surface area contributed by atoms with Crippen molar-refractivity contribution in [3.63, 3.8) is 0 Å². The predicted octanol–water partition coefficient (Wildman–Crippen LogP) is 1.79. The van der Waals surface area contributed by atoms with Gasteiger partial charge in [-0.15, -0.1) is 36.2 Å². The molecule has 1 fully saturated rings. The van der Waals surface area contributed by atoms with E-state index in [2.05, 4.69) is 15.6 Å². The topological polar surface area (TPSA) is 54.0 Å². The third kappa shape index (κ3) is 5.52. The number of halogens is 2. The maximum absolute atomic E-state index is 11.7. The highest BCUT2D eigenvalue weighted by atomic mass is 35.5. The number of hydrogen-bond donors (Lipinski definition) is 2. The number of carbonyl (C=O) groups is 1. The van der Waals surface area contributed by atoms with E-state index >= 15 is 0 Å². The van der Waals surface area contributed by atoms with E-state index in [1.165, 1.54) is 6.42 Å². The van der Waals surface area contributed by atoms with Gasteiger partial charge in [-0.2, -0.15) is 0 Å². The van der Waals surface area contributed by atoms with E-state index in [-0.39, 0.29) is 36.8 Å². The summed E-state index contributed by atoms with van der Waals surface area (Å²) < 4.78 is 0. The highest BCUT2D eigenvalue weighted by molar-refractivity contribution is 7.07. The molecule has 1 unspecified atom stereocenters. The molecule has 0 radical (unpaired) electrons. The molecule has 0 saturated carbocycles. The van der Waals surface area contributed by atoms with Gasteiger partial charge in [-0.3, -0.25) is 4.79 Å². The van der Waals surface area contributed by atoms with Crippen LogP contribution in [0.4, 0.5) is 0 Å². The van der Waals surface area contributed by atoms with Crippen LogP contribution in [0.25, 0.3) is 0 Å². The molecule has 1 aliphatic heterocycles. The normalized spacial score (nSPS) is 18.3. The van der Waals surface area contributed by atoms with Crippen LogP contribution in [0.3, 0.4) is 0 Å². The number of aromatic nitrogens is 1. The van der Waals surface area contributed by atoms with Crippen molar-refractivity contribution >= 4 is 42.1 Å². The van der Waals surface area contributed by atoms with Crippen molar-refractivity contribution in [1.29, 1.82) is 0 Å². The van der Waals surface area contributed by atoms with E-state index in [1.807, 2.05) is 10.9 Å². The predicted molar refractivity (Wildman–Crippen MR) is 79.0 cm³/mol. The second kappa shape index (κ2) is 9.55. The van der Waals surface area contributed by atoms with Crippen LogP contribution in [0.5, 0.6) is 0 Å². The highest BCUT2D eigenvalue weighted by Crippen LogP contribution is 2.06. The van der Waals surface area contributed by atoms with E-state index in [1.54, 1.807) is 11.3 Å². The van der Waals surface area contributed by atoms with Crippen molar-refractivity contribution in [1.82, 2.24) is 15.6 Å². The number of nitrogens with one attached hydrogen (secondary N) is 2. The summed E-state index contributed by atoms with van der Waals surface area (Å²) in [5.74, 6) is 0.134. The lowest BCUT2D eigenvalue weighted by molar-refractivity contribution is -0.123. The SMILES string of the molecule is Cl.Cl.O=C(NCCc1cscn1)C1CCCCN1. The first-order valence-corrected chi connectivity index (χ1v) is 6.69. The molecule has 0 aromatic carbocycles. The molecule has 0 bridgehead atoms. The van der Waals surface area contributed by atoms with Gasteiger partial charge in [0.15, 0.2) is 0 Å². The summed E-state index contributed by atoms with van der Waals surface area (Å²) in [6, 6.07) is 0.0178. The second-order valence-electron chi connectivity index (χ2n) is 4.02. The zero-order valence-electron chi connectivity index (χ0n) is 10.1. The summed E-state index contributed by atoms with van der Waals surface area (Å²) in [7, 11) is 0.